The number of esters is 1. The first-order valence-corrected chi connectivity index (χ1v) is 7.86. The van der Waals surface area contributed by atoms with Gasteiger partial charge in [0.2, 0.25) is 0 Å². The normalized spacial score (nSPS) is 16.2. The second kappa shape index (κ2) is 12.1. The molecule has 0 spiro atoms. The molecule has 0 aliphatic carbocycles. The maximum absolute atomic E-state index is 11.4. The highest BCUT2D eigenvalue weighted by Crippen LogP contribution is 2.02. The van der Waals surface area contributed by atoms with Gasteiger partial charge in [0, 0.05) is 19.6 Å². The van der Waals surface area contributed by atoms with Gasteiger partial charge in [0.25, 0.3) is 0 Å². The first-order valence-electron chi connectivity index (χ1n) is 7.86. The van der Waals surface area contributed by atoms with E-state index in [1.165, 1.54) is 19.3 Å². The largest absolute Gasteiger partial charge is 0.464 e. The molecule has 118 valence electrons. The van der Waals surface area contributed by atoms with Gasteiger partial charge in [-0.15, -0.1) is 0 Å². The maximum atomic E-state index is 11.4. The van der Waals surface area contributed by atoms with Gasteiger partial charge >= 0.3 is 5.97 Å². The number of hydrogen-bond donors (Lipinski definition) is 0. The second-order valence-corrected chi connectivity index (χ2v) is 5.14. The predicted molar refractivity (Wildman–Crippen MR) is 77.8 cm³/mol. The van der Waals surface area contributed by atoms with Crippen molar-refractivity contribution in [3.05, 3.63) is 0 Å². The van der Waals surface area contributed by atoms with Gasteiger partial charge in [-0.25, -0.2) is 4.79 Å². The van der Waals surface area contributed by atoms with Crippen LogP contribution < -0.4 is 0 Å². The molecular formula is C15H29NO4. The highest BCUT2D eigenvalue weighted by molar-refractivity contribution is 5.70. The third-order valence-electron chi connectivity index (χ3n) is 3.39. The lowest BCUT2D eigenvalue weighted by Crippen LogP contribution is -2.38. The molecular weight excluding hydrogens is 258 g/mol. The molecule has 1 aliphatic heterocycles. The minimum absolute atomic E-state index is 0.0687. The number of rotatable bonds is 11. The maximum Gasteiger partial charge on any atom is 0.332 e. The molecule has 5 nitrogen and oxygen atoms in total. The molecule has 0 aromatic rings. The second-order valence-electron chi connectivity index (χ2n) is 5.14. The Labute approximate surface area is 122 Å². The van der Waals surface area contributed by atoms with Crippen LogP contribution in [0.15, 0.2) is 0 Å². The third-order valence-corrected chi connectivity index (χ3v) is 3.39. The van der Waals surface area contributed by atoms with E-state index in [-0.39, 0.29) is 12.6 Å². The summed E-state index contributed by atoms with van der Waals surface area (Å²) in [6.45, 7) is 7.69. The number of nitrogens with zero attached hydrogens (tertiary/aromatic N) is 1. The van der Waals surface area contributed by atoms with Gasteiger partial charge in [-0.1, -0.05) is 32.6 Å². The summed E-state index contributed by atoms with van der Waals surface area (Å²) < 4.78 is 15.7. The van der Waals surface area contributed by atoms with E-state index in [2.05, 4.69) is 11.8 Å². The summed E-state index contributed by atoms with van der Waals surface area (Å²) in [7, 11) is 0. The van der Waals surface area contributed by atoms with E-state index in [9.17, 15) is 4.79 Å². The van der Waals surface area contributed by atoms with Crippen molar-refractivity contribution in [1.82, 2.24) is 4.90 Å². The van der Waals surface area contributed by atoms with Crippen LogP contribution in [-0.4, -0.2) is 63.5 Å². The SMILES string of the molecule is CCCCCCCOC(=O)COCCN1CCOCC1. The van der Waals surface area contributed by atoms with Crippen molar-refractivity contribution in [3.8, 4) is 0 Å². The van der Waals surface area contributed by atoms with Gasteiger partial charge in [-0.2, -0.15) is 0 Å². The zero-order chi connectivity index (χ0) is 14.5. The molecule has 0 amide bonds. The van der Waals surface area contributed by atoms with Gasteiger partial charge < -0.3 is 14.2 Å². The number of unbranched alkanes of at least 4 members (excludes halogenated alkanes) is 4. The third kappa shape index (κ3) is 9.28. The Kier molecular flexibility index (Phi) is 10.5. The molecule has 20 heavy (non-hydrogen) atoms. The lowest BCUT2D eigenvalue weighted by molar-refractivity contribution is -0.149. The summed E-state index contributed by atoms with van der Waals surface area (Å²) in [5, 5.41) is 0. The van der Waals surface area contributed by atoms with E-state index in [1.54, 1.807) is 0 Å². The first kappa shape index (κ1) is 17.4. The van der Waals surface area contributed by atoms with E-state index in [0.29, 0.717) is 13.2 Å². The average molecular weight is 287 g/mol. The molecule has 0 bridgehead atoms. The quantitative estimate of drug-likeness (QED) is 0.429. The fourth-order valence-electron chi connectivity index (χ4n) is 2.11. The number of carbonyl (C=O) groups excluding carboxylic acids is 1. The Morgan fingerprint density at radius 2 is 1.85 bits per heavy atom. The fraction of sp³-hybridized carbons (Fsp3) is 0.933. The summed E-state index contributed by atoms with van der Waals surface area (Å²) in [4.78, 5) is 13.7. The van der Waals surface area contributed by atoms with E-state index < -0.39 is 0 Å². The first-order chi connectivity index (χ1) is 9.83. The molecule has 0 N–H and O–H groups in total. The Balaban J connectivity index is 1.84. The van der Waals surface area contributed by atoms with Crippen molar-refractivity contribution in [1.29, 1.82) is 0 Å². The van der Waals surface area contributed by atoms with Gasteiger partial charge in [-0.3, -0.25) is 4.90 Å². The zero-order valence-electron chi connectivity index (χ0n) is 12.8. The standard InChI is InChI=1S/C15H29NO4/c1-2-3-4-5-6-10-20-15(17)14-19-13-9-16-7-11-18-12-8-16/h2-14H2,1H3. The van der Waals surface area contributed by atoms with Gasteiger partial charge in [0.15, 0.2) is 0 Å². The summed E-state index contributed by atoms with van der Waals surface area (Å²) >= 11 is 0. The number of morpholine rings is 1. The van der Waals surface area contributed by atoms with Crippen LogP contribution in [0.5, 0.6) is 0 Å². The van der Waals surface area contributed by atoms with E-state index in [0.717, 1.165) is 45.7 Å². The molecule has 1 heterocycles. The summed E-state index contributed by atoms with van der Waals surface area (Å²) in [5.41, 5.74) is 0. The van der Waals surface area contributed by atoms with E-state index in [4.69, 9.17) is 14.2 Å². The summed E-state index contributed by atoms with van der Waals surface area (Å²) in [5.74, 6) is -0.248. The highest BCUT2D eigenvalue weighted by Gasteiger charge is 2.10. The Bertz CT molecular complexity index is 242. The molecule has 1 aliphatic rings. The topological polar surface area (TPSA) is 48.0 Å². The monoisotopic (exact) mass is 287 g/mol. The highest BCUT2D eigenvalue weighted by atomic mass is 16.6. The van der Waals surface area contributed by atoms with Gasteiger partial charge in [0.1, 0.15) is 6.61 Å². The molecule has 1 fully saturated rings. The van der Waals surface area contributed by atoms with Crippen molar-refractivity contribution in [2.24, 2.45) is 0 Å². The van der Waals surface area contributed by atoms with Crippen molar-refractivity contribution in [2.45, 2.75) is 39.0 Å². The van der Waals surface area contributed by atoms with Crippen LogP contribution in [0.2, 0.25) is 0 Å². The molecule has 0 atom stereocenters. The van der Waals surface area contributed by atoms with Crippen LogP contribution in [-0.2, 0) is 19.0 Å². The van der Waals surface area contributed by atoms with Crippen LogP contribution in [0.3, 0.4) is 0 Å². The zero-order valence-corrected chi connectivity index (χ0v) is 12.8. The molecule has 1 rings (SSSR count). The van der Waals surface area contributed by atoms with E-state index in [1.807, 2.05) is 0 Å². The number of carbonyl (C=O) groups is 1. The van der Waals surface area contributed by atoms with Gasteiger partial charge in [-0.05, 0) is 6.42 Å². The van der Waals surface area contributed by atoms with Crippen LogP contribution >= 0.6 is 0 Å². The van der Waals surface area contributed by atoms with Gasteiger partial charge in [0.05, 0.1) is 26.4 Å². The smallest absolute Gasteiger partial charge is 0.332 e. The molecule has 1 saturated heterocycles. The van der Waals surface area contributed by atoms with Crippen LogP contribution in [0, 0.1) is 0 Å². The minimum atomic E-state index is -0.248. The number of hydrogen-bond acceptors (Lipinski definition) is 5. The molecule has 0 aromatic heterocycles. The van der Waals surface area contributed by atoms with Crippen molar-refractivity contribution in [2.75, 3.05) is 52.7 Å². The average Bonchev–Trinajstić information content (AvgIpc) is 2.48. The summed E-state index contributed by atoms with van der Waals surface area (Å²) in [6.07, 6.45) is 5.82. The minimum Gasteiger partial charge on any atom is -0.464 e. The molecule has 0 radical (unpaired) electrons. The van der Waals surface area contributed by atoms with Crippen molar-refractivity contribution in [3.63, 3.8) is 0 Å². The lowest BCUT2D eigenvalue weighted by atomic mass is 10.2. The van der Waals surface area contributed by atoms with Crippen LogP contribution in [0.1, 0.15) is 39.0 Å². The number of ether oxygens (including phenoxy) is 3. The molecule has 0 aromatic carbocycles. The fourth-order valence-corrected chi connectivity index (χ4v) is 2.11. The molecule has 5 heteroatoms. The molecule has 0 unspecified atom stereocenters. The van der Waals surface area contributed by atoms with Crippen LogP contribution in [0.4, 0.5) is 0 Å². The molecule has 0 saturated carbocycles. The van der Waals surface area contributed by atoms with Crippen molar-refractivity contribution < 1.29 is 19.0 Å². The summed E-state index contributed by atoms with van der Waals surface area (Å²) in [6, 6.07) is 0. The van der Waals surface area contributed by atoms with Crippen LogP contribution in [0.25, 0.3) is 0 Å². The lowest BCUT2D eigenvalue weighted by Gasteiger charge is -2.26. The Morgan fingerprint density at radius 3 is 2.60 bits per heavy atom. The van der Waals surface area contributed by atoms with Crippen molar-refractivity contribution >= 4 is 5.97 Å². The Hall–Kier alpha value is -0.650. The Morgan fingerprint density at radius 1 is 1.10 bits per heavy atom. The predicted octanol–water partition coefficient (Wildman–Crippen LogP) is 1.85. The van der Waals surface area contributed by atoms with E-state index >= 15 is 0 Å².